The summed E-state index contributed by atoms with van der Waals surface area (Å²) in [5, 5.41) is 11.5. The topological polar surface area (TPSA) is 85.5 Å². The minimum atomic E-state index is 0.308. The van der Waals surface area contributed by atoms with Gasteiger partial charge in [-0.05, 0) is 68.5 Å². The molecule has 0 amide bonds. The Labute approximate surface area is 173 Å². The third-order valence-corrected chi connectivity index (χ3v) is 6.90. The van der Waals surface area contributed by atoms with E-state index in [0.29, 0.717) is 24.4 Å². The van der Waals surface area contributed by atoms with E-state index < -0.39 is 0 Å². The van der Waals surface area contributed by atoms with E-state index in [2.05, 4.69) is 70.5 Å². The number of nitrogens with one attached hydrogen (secondary N) is 2. The molecule has 4 rings (SSSR count). The fraction of sp³-hybridized carbons (Fsp3) is 0.529. The average Bonchev–Trinajstić information content (AvgIpc) is 3.29. The molecule has 0 saturated heterocycles. The lowest BCUT2D eigenvalue weighted by molar-refractivity contribution is 0.521. The van der Waals surface area contributed by atoms with Crippen molar-refractivity contribution in [2.75, 3.05) is 10.6 Å². The summed E-state index contributed by atoms with van der Waals surface area (Å²) in [6, 6.07) is 2.71. The van der Waals surface area contributed by atoms with Crippen LogP contribution in [0.2, 0.25) is 0 Å². The van der Waals surface area contributed by atoms with Crippen LogP contribution in [-0.4, -0.2) is 35.1 Å². The Morgan fingerprint density at radius 3 is 2.67 bits per heavy atom. The van der Waals surface area contributed by atoms with Gasteiger partial charge >= 0.3 is 0 Å². The largest absolute Gasteiger partial charge is 0.365 e. The normalized spacial score (nSPS) is 15.9. The Hall–Kier alpha value is -1.48. The van der Waals surface area contributed by atoms with Crippen molar-refractivity contribution in [3.05, 3.63) is 18.1 Å². The molecule has 1 fully saturated rings. The highest BCUT2D eigenvalue weighted by atomic mass is 127. The first kappa shape index (κ1) is 18.9. The van der Waals surface area contributed by atoms with Gasteiger partial charge < -0.3 is 10.6 Å². The molecule has 3 aromatic heterocycles. The summed E-state index contributed by atoms with van der Waals surface area (Å²) < 4.78 is 4.04. The maximum atomic E-state index is 4.72. The Balaban J connectivity index is 1.70. The van der Waals surface area contributed by atoms with E-state index >= 15 is 0 Å². The van der Waals surface area contributed by atoms with Crippen molar-refractivity contribution >= 4 is 57.2 Å². The van der Waals surface area contributed by atoms with E-state index in [-0.39, 0.29) is 0 Å². The van der Waals surface area contributed by atoms with Gasteiger partial charge in [0.2, 0.25) is 5.95 Å². The molecule has 0 bridgehead atoms. The molecule has 1 aliphatic carbocycles. The summed E-state index contributed by atoms with van der Waals surface area (Å²) >= 11 is 2.34. The highest BCUT2D eigenvalue weighted by Crippen LogP contribution is 2.36. The maximum absolute atomic E-state index is 4.72. The summed E-state index contributed by atoms with van der Waals surface area (Å²) in [6.07, 6.45) is 4.92. The SMILES string of the molecule is Cc1cc(Nc2nc(N[C@@H](C)C3CC3)c3ncn(PI)c3n2)nn1C(C)C. The number of imidazole rings is 1. The highest BCUT2D eigenvalue weighted by Gasteiger charge is 2.29. The molecule has 3 aromatic rings. The summed E-state index contributed by atoms with van der Waals surface area (Å²) in [4.78, 5) is 14.0. The van der Waals surface area contributed by atoms with Crippen LogP contribution in [0.15, 0.2) is 12.4 Å². The predicted octanol–water partition coefficient (Wildman–Crippen LogP) is 4.66. The first-order chi connectivity index (χ1) is 13.0. The van der Waals surface area contributed by atoms with Gasteiger partial charge in [0.05, 0.1) is 6.37 Å². The fourth-order valence-corrected chi connectivity index (χ4v) is 4.63. The van der Waals surface area contributed by atoms with Gasteiger partial charge in [0.25, 0.3) is 0 Å². The molecule has 144 valence electrons. The minimum Gasteiger partial charge on any atom is -0.365 e. The Morgan fingerprint density at radius 1 is 1.26 bits per heavy atom. The van der Waals surface area contributed by atoms with Gasteiger partial charge in [-0.3, -0.25) is 9.02 Å². The summed E-state index contributed by atoms with van der Waals surface area (Å²) in [6.45, 7) is 8.50. The molecule has 0 aliphatic heterocycles. The standard InChI is InChI=1S/C17H24IN8P/c1-9(2)26-10(3)7-13(24-26)21-17-22-15(20-11(4)12-5-6-12)14-16(23-17)25(27-18)8-19-14/h7-9,11-12,27H,5-6H2,1-4H3,(H2,20,21,22,23,24)/t11-/m0/s1. The molecular weight excluding hydrogens is 474 g/mol. The Bertz CT molecular complexity index is 961. The molecule has 2 N–H and O–H groups in total. The lowest BCUT2D eigenvalue weighted by atomic mass is 10.2. The number of hydrogen-bond acceptors (Lipinski definition) is 6. The number of anilines is 3. The van der Waals surface area contributed by atoms with Crippen molar-refractivity contribution in [2.24, 2.45) is 5.92 Å². The van der Waals surface area contributed by atoms with Crippen LogP contribution in [0.5, 0.6) is 0 Å². The van der Waals surface area contributed by atoms with Gasteiger partial charge in [-0.15, -0.1) is 0 Å². The second kappa shape index (κ2) is 7.50. The number of aromatic nitrogens is 6. The zero-order valence-corrected chi connectivity index (χ0v) is 19.0. The lowest BCUT2D eigenvalue weighted by Crippen LogP contribution is -2.19. The second-order valence-corrected chi connectivity index (χ2v) is 9.47. The molecule has 1 unspecified atom stereocenters. The van der Waals surface area contributed by atoms with Gasteiger partial charge in [0, 0.05) is 23.8 Å². The van der Waals surface area contributed by atoms with E-state index in [1.165, 1.54) is 12.8 Å². The number of fused-ring (bicyclic) bond motifs is 1. The van der Waals surface area contributed by atoms with Gasteiger partial charge in [-0.1, -0.05) is 0 Å². The van der Waals surface area contributed by atoms with Crippen LogP contribution in [0, 0.1) is 12.8 Å². The number of hydrogen-bond donors (Lipinski definition) is 2. The molecule has 0 radical (unpaired) electrons. The van der Waals surface area contributed by atoms with Crippen LogP contribution in [0.4, 0.5) is 17.6 Å². The van der Waals surface area contributed by atoms with Crippen molar-refractivity contribution in [2.45, 2.75) is 52.6 Å². The van der Waals surface area contributed by atoms with E-state index in [1.807, 2.05) is 21.4 Å². The van der Waals surface area contributed by atoms with Crippen LogP contribution in [0.3, 0.4) is 0 Å². The van der Waals surface area contributed by atoms with Crippen molar-refractivity contribution < 1.29 is 0 Å². The summed E-state index contributed by atoms with van der Waals surface area (Å²) in [5.41, 5.74) is 2.76. The highest BCUT2D eigenvalue weighted by molar-refractivity contribution is 14.2. The van der Waals surface area contributed by atoms with Crippen molar-refractivity contribution in [3.8, 4) is 0 Å². The van der Waals surface area contributed by atoms with Crippen LogP contribution in [0.25, 0.3) is 11.2 Å². The van der Waals surface area contributed by atoms with Crippen LogP contribution in [0.1, 0.15) is 45.3 Å². The molecule has 1 aliphatic rings. The third kappa shape index (κ3) is 3.89. The molecule has 3 heterocycles. The predicted molar refractivity (Wildman–Crippen MR) is 119 cm³/mol. The number of nitrogens with zero attached hydrogens (tertiary/aromatic N) is 6. The maximum Gasteiger partial charge on any atom is 0.232 e. The number of halogens is 1. The van der Waals surface area contributed by atoms with E-state index in [4.69, 9.17) is 9.97 Å². The first-order valence-corrected chi connectivity index (χ1v) is 13.2. The smallest absolute Gasteiger partial charge is 0.232 e. The van der Waals surface area contributed by atoms with Crippen molar-refractivity contribution in [3.63, 3.8) is 0 Å². The van der Waals surface area contributed by atoms with E-state index in [9.17, 15) is 0 Å². The molecule has 8 nitrogen and oxygen atoms in total. The molecule has 0 spiro atoms. The van der Waals surface area contributed by atoms with Crippen molar-refractivity contribution in [1.82, 2.24) is 29.1 Å². The fourth-order valence-electron chi connectivity index (χ4n) is 3.23. The number of aryl methyl sites for hydroxylation is 1. The average molecular weight is 498 g/mol. The molecule has 0 aromatic carbocycles. The zero-order chi connectivity index (χ0) is 19.1. The van der Waals surface area contributed by atoms with Crippen LogP contribution in [-0.2, 0) is 0 Å². The molecule has 1 saturated carbocycles. The lowest BCUT2D eigenvalue weighted by Gasteiger charge is -2.14. The Morgan fingerprint density at radius 2 is 2.04 bits per heavy atom. The van der Waals surface area contributed by atoms with Gasteiger partial charge in [0.1, 0.15) is 6.33 Å². The van der Waals surface area contributed by atoms with Gasteiger partial charge in [-0.25, -0.2) is 4.98 Å². The quantitative estimate of drug-likeness (QED) is 0.364. The molecule has 2 atom stereocenters. The van der Waals surface area contributed by atoms with Gasteiger partial charge in [0.15, 0.2) is 22.8 Å². The monoisotopic (exact) mass is 498 g/mol. The van der Waals surface area contributed by atoms with E-state index in [0.717, 1.165) is 34.4 Å². The minimum absolute atomic E-state index is 0.308. The molecule has 10 heteroatoms. The van der Waals surface area contributed by atoms with Crippen LogP contribution < -0.4 is 10.6 Å². The number of rotatable bonds is 7. The third-order valence-electron chi connectivity index (χ3n) is 4.83. The Kier molecular flexibility index (Phi) is 5.24. The molecule has 27 heavy (non-hydrogen) atoms. The zero-order valence-electron chi connectivity index (χ0n) is 15.9. The van der Waals surface area contributed by atoms with E-state index in [1.54, 1.807) is 0 Å². The molecular formula is C17H24IN8P. The van der Waals surface area contributed by atoms with Crippen molar-refractivity contribution in [1.29, 1.82) is 0 Å². The van der Waals surface area contributed by atoms with Gasteiger partial charge in [-0.2, -0.15) is 15.1 Å². The summed E-state index contributed by atoms with van der Waals surface area (Å²) in [5.74, 6) is 2.81. The first-order valence-electron chi connectivity index (χ1n) is 9.17. The van der Waals surface area contributed by atoms with Crippen LogP contribution >= 0.6 is 28.4 Å². The summed E-state index contributed by atoms with van der Waals surface area (Å²) in [7, 11) is 0. The second-order valence-electron chi connectivity index (χ2n) is 7.37.